The summed E-state index contributed by atoms with van der Waals surface area (Å²) >= 11 is 0. The van der Waals surface area contributed by atoms with Crippen LogP contribution in [0.2, 0.25) is 0 Å². The summed E-state index contributed by atoms with van der Waals surface area (Å²) in [7, 11) is 4.01. The first-order valence-electron chi connectivity index (χ1n) is 10.6. The number of hydrogen-bond acceptors (Lipinski definition) is 6. The predicted octanol–water partition coefficient (Wildman–Crippen LogP) is 4.27. The summed E-state index contributed by atoms with van der Waals surface area (Å²) in [5.74, 6) is -0.265. The normalized spacial score (nSPS) is 21.0. The number of ether oxygens (including phenoxy) is 1. The monoisotopic (exact) mass is 420 g/mol. The van der Waals surface area contributed by atoms with Gasteiger partial charge in [-0.05, 0) is 56.0 Å². The molecule has 6 heteroatoms. The van der Waals surface area contributed by atoms with E-state index in [2.05, 4.69) is 34.5 Å². The zero-order valence-corrected chi connectivity index (χ0v) is 18.4. The topological polar surface area (TPSA) is 71.8 Å². The number of ketones is 1. The van der Waals surface area contributed by atoms with Crippen LogP contribution in [0.1, 0.15) is 49.8 Å². The maximum atomic E-state index is 13.4. The van der Waals surface area contributed by atoms with Crippen LogP contribution in [0.4, 0.5) is 5.69 Å². The summed E-state index contributed by atoms with van der Waals surface area (Å²) in [5, 5.41) is 3.35. The molecule has 6 nitrogen and oxygen atoms in total. The Morgan fingerprint density at radius 3 is 2.55 bits per heavy atom. The van der Waals surface area contributed by atoms with E-state index in [-0.39, 0.29) is 18.3 Å². The minimum absolute atomic E-state index is 0.0335. The fourth-order valence-corrected chi connectivity index (χ4v) is 4.54. The Bertz CT molecular complexity index is 1050. The summed E-state index contributed by atoms with van der Waals surface area (Å²) < 4.78 is 11.0. The molecule has 0 amide bonds. The van der Waals surface area contributed by atoms with E-state index in [9.17, 15) is 9.59 Å². The van der Waals surface area contributed by atoms with Crippen LogP contribution in [0.15, 0.2) is 69.6 Å². The number of Topliss-reactive ketones (excluding diaryl/α,β-unsaturated/α-hetero) is 1. The largest absolute Gasteiger partial charge is 0.468 e. The van der Waals surface area contributed by atoms with Gasteiger partial charge in [-0.25, -0.2) is 4.79 Å². The number of carbonyl (C=O) groups excluding carboxylic acids is 2. The van der Waals surface area contributed by atoms with Gasteiger partial charge in [-0.15, -0.1) is 0 Å². The van der Waals surface area contributed by atoms with Gasteiger partial charge in [-0.2, -0.15) is 0 Å². The summed E-state index contributed by atoms with van der Waals surface area (Å²) in [6.45, 7) is 3.89. The molecular formula is C25H28N2O4. The van der Waals surface area contributed by atoms with E-state index in [0.717, 1.165) is 16.9 Å². The first kappa shape index (κ1) is 21.0. The average Bonchev–Trinajstić information content (AvgIpc) is 3.27. The maximum absolute atomic E-state index is 13.4. The number of furan rings is 1. The van der Waals surface area contributed by atoms with Crippen LogP contribution in [-0.2, 0) is 14.3 Å². The summed E-state index contributed by atoms with van der Waals surface area (Å²) in [6, 6.07) is 11.9. The van der Waals surface area contributed by atoms with Crippen molar-refractivity contribution in [3.05, 3.63) is 76.5 Å². The lowest BCUT2D eigenvalue weighted by molar-refractivity contribution is -0.138. The number of allylic oxidation sites excluding steroid dienone is 3. The number of esters is 1. The van der Waals surface area contributed by atoms with Crippen molar-refractivity contribution in [1.82, 2.24) is 5.32 Å². The molecule has 31 heavy (non-hydrogen) atoms. The third kappa shape index (κ3) is 3.90. The molecule has 2 atom stereocenters. The highest BCUT2D eigenvalue weighted by atomic mass is 16.5. The van der Waals surface area contributed by atoms with Crippen LogP contribution in [0.3, 0.4) is 0 Å². The Morgan fingerprint density at radius 2 is 1.94 bits per heavy atom. The van der Waals surface area contributed by atoms with Gasteiger partial charge in [0.15, 0.2) is 5.78 Å². The van der Waals surface area contributed by atoms with E-state index in [1.165, 1.54) is 0 Å². The maximum Gasteiger partial charge on any atom is 0.336 e. The SMILES string of the molecule is CCOC(=O)C1=C(C)NC2=C(C(=O)C[C@@H](c3ccc(N(C)C)cc3)C2)[C@H]1c1ccco1. The lowest BCUT2D eigenvalue weighted by Gasteiger charge is -2.35. The van der Waals surface area contributed by atoms with Gasteiger partial charge in [0.1, 0.15) is 5.76 Å². The van der Waals surface area contributed by atoms with E-state index < -0.39 is 11.9 Å². The van der Waals surface area contributed by atoms with Crippen LogP contribution < -0.4 is 10.2 Å². The van der Waals surface area contributed by atoms with Crippen molar-refractivity contribution < 1.29 is 18.7 Å². The third-order valence-corrected chi connectivity index (χ3v) is 6.03. The fraction of sp³-hybridized carbons (Fsp3) is 0.360. The lowest BCUT2D eigenvalue weighted by atomic mass is 9.73. The molecule has 1 N–H and O–H groups in total. The van der Waals surface area contributed by atoms with Gasteiger partial charge in [-0.1, -0.05) is 12.1 Å². The van der Waals surface area contributed by atoms with E-state index >= 15 is 0 Å². The van der Waals surface area contributed by atoms with E-state index in [4.69, 9.17) is 9.15 Å². The smallest absolute Gasteiger partial charge is 0.336 e. The molecule has 2 heterocycles. The van der Waals surface area contributed by atoms with Crippen LogP contribution in [-0.4, -0.2) is 32.5 Å². The Hall–Kier alpha value is -3.28. The van der Waals surface area contributed by atoms with Gasteiger partial charge in [-0.3, -0.25) is 4.79 Å². The lowest BCUT2D eigenvalue weighted by Crippen LogP contribution is -2.36. The van der Waals surface area contributed by atoms with Gasteiger partial charge in [0.2, 0.25) is 0 Å². The number of nitrogens with one attached hydrogen (secondary N) is 1. The Labute approximate surface area is 182 Å². The molecule has 162 valence electrons. The summed E-state index contributed by atoms with van der Waals surface area (Å²) in [6.07, 6.45) is 2.67. The molecular weight excluding hydrogens is 392 g/mol. The van der Waals surface area contributed by atoms with Crippen molar-refractivity contribution in [3.63, 3.8) is 0 Å². The molecule has 1 aromatic carbocycles. The van der Waals surface area contributed by atoms with Gasteiger partial charge in [0, 0.05) is 43.2 Å². The highest BCUT2D eigenvalue weighted by Crippen LogP contribution is 2.45. The molecule has 0 unspecified atom stereocenters. The average molecular weight is 421 g/mol. The minimum atomic E-state index is -0.546. The molecule has 1 aliphatic carbocycles. The second-order valence-electron chi connectivity index (χ2n) is 8.24. The number of hydrogen-bond donors (Lipinski definition) is 1. The highest BCUT2D eigenvalue weighted by Gasteiger charge is 2.42. The fourth-order valence-electron chi connectivity index (χ4n) is 4.54. The molecule has 4 rings (SSSR count). The number of dihydropyridines is 1. The Balaban J connectivity index is 1.71. The number of anilines is 1. The molecule has 0 saturated carbocycles. The second-order valence-corrected chi connectivity index (χ2v) is 8.24. The predicted molar refractivity (Wildman–Crippen MR) is 119 cm³/mol. The molecule has 0 bridgehead atoms. The van der Waals surface area contributed by atoms with Crippen molar-refractivity contribution >= 4 is 17.4 Å². The van der Waals surface area contributed by atoms with Crippen LogP contribution >= 0.6 is 0 Å². The van der Waals surface area contributed by atoms with Gasteiger partial charge >= 0.3 is 5.97 Å². The molecule has 2 aromatic rings. The number of rotatable bonds is 5. The molecule has 2 aliphatic rings. The van der Waals surface area contributed by atoms with Gasteiger partial charge < -0.3 is 19.4 Å². The molecule has 1 aromatic heterocycles. The molecule has 0 saturated heterocycles. The molecule has 0 radical (unpaired) electrons. The summed E-state index contributed by atoms with van der Waals surface area (Å²) in [5.41, 5.74) is 4.89. The van der Waals surface area contributed by atoms with Crippen molar-refractivity contribution in [2.24, 2.45) is 0 Å². The van der Waals surface area contributed by atoms with Crippen LogP contribution in [0.25, 0.3) is 0 Å². The number of carbonyl (C=O) groups is 2. The number of benzene rings is 1. The van der Waals surface area contributed by atoms with Crippen molar-refractivity contribution in [2.75, 3.05) is 25.6 Å². The standard InChI is InChI=1S/C25H28N2O4/c1-5-30-25(29)22-15(2)26-19-13-17(16-8-10-18(11-9-16)27(3)4)14-20(28)23(19)24(22)21-7-6-12-31-21/h6-12,17,24,26H,5,13-14H2,1-4H3/t17-,24-/m0/s1. The van der Waals surface area contributed by atoms with Crippen LogP contribution in [0, 0.1) is 0 Å². The van der Waals surface area contributed by atoms with E-state index in [1.807, 2.05) is 27.1 Å². The van der Waals surface area contributed by atoms with Crippen molar-refractivity contribution in [3.8, 4) is 0 Å². The number of nitrogens with zero attached hydrogens (tertiary/aromatic N) is 1. The third-order valence-electron chi connectivity index (χ3n) is 6.03. The Morgan fingerprint density at radius 1 is 1.19 bits per heavy atom. The zero-order chi connectivity index (χ0) is 22.1. The second kappa shape index (κ2) is 8.46. The van der Waals surface area contributed by atoms with E-state index in [1.54, 1.807) is 19.3 Å². The zero-order valence-electron chi connectivity index (χ0n) is 18.4. The van der Waals surface area contributed by atoms with Crippen molar-refractivity contribution in [2.45, 2.75) is 38.5 Å². The summed E-state index contributed by atoms with van der Waals surface area (Å²) in [4.78, 5) is 28.2. The Kier molecular flexibility index (Phi) is 5.72. The highest BCUT2D eigenvalue weighted by molar-refractivity contribution is 6.04. The van der Waals surface area contributed by atoms with Gasteiger partial charge in [0.05, 0.1) is 24.4 Å². The quantitative estimate of drug-likeness (QED) is 0.729. The minimum Gasteiger partial charge on any atom is -0.468 e. The molecule has 0 fully saturated rings. The van der Waals surface area contributed by atoms with Crippen LogP contribution in [0.5, 0.6) is 0 Å². The molecule has 0 spiro atoms. The van der Waals surface area contributed by atoms with Gasteiger partial charge in [0.25, 0.3) is 0 Å². The molecule has 1 aliphatic heterocycles. The first-order chi connectivity index (χ1) is 14.9. The van der Waals surface area contributed by atoms with Crippen molar-refractivity contribution in [1.29, 1.82) is 0 Å². The first-order valence-corrected chi connectivity index (χ1v) is 10.6. The van der Waals surface area contributed by atoms with E-state index in [0.29, 0.717) is 35.4 Å².